The van der Waals surface area contributed by atoms with Crippen molar-refractivity contribution in [3.8, 4) is 21.9 Å². The Bertz CT molecular complexity index is 1320. The highest BCUT2D eigenvalue weighted by Crippen LogP contribution is 2.27. The van der Waals surface area contributed by atoms with Crippen molar-refractivity contribution >= 4 is 34.0 Å². The maximum absolute atomic E-state index is 12.3. The van der Waals surface area contributed by atoms with Crippen LogP contribution in [0.15, 0.2) is 83.6 Å². The number of hydrogen-bond donors (Lipinski definition) is 1. The maximum Gasteiger partial charge on any atom is 0.248 e. The molecule has 3 aromatic heterocycles. The molecule has 3 heterocycles. The molecule has 0 spiro atoms. The second-order valence-corrected chi connectivity index (χ2v) is 7.39. The SMILES string of the molecule is O=C(/C=C/c1ccc(-c2ccccc2)o1)Nc1cccc(-c2nn3cnnc3s2)c1. The number of anilines is 1. The van der Waals surface area contributed by atoms with Gasteiger partial charge in [-0.25, -0.2) is 0 Å². The summed E-state index contributed by atoms with van der Waals surface area (Å²) in [5.41, 5.74) is 2.56. The topological polar surface area (TPSA) is 85.3 Å². The minimum absolute atomic E-state index is 0.247. The molecule has 146 valence electrons. The molecule has 5 aromatic rings. The van der Waals surface area contributed by atoms with Gasteiger partial charge >= 0.3 is 0 Å². The van der Waals surface area contributed by atoms with Crippen molar-refractivity contribution in [3.63, 3.8) is 0 Å². The van der Waals surface area contributed by atoms with E-state index in [-0.39, 0.29) is 5.91 Å². The molecule has 2 aromatic carbocycles. The molecule has 7 nitrogen and oxygen atoms in total. The molecule has 30 heavy (non-hydrogen) atoms. The van der Waals surface area contributed by atoms with Crippen molar-refractivity contribution in [1.82, 2.24) is 19.8 Å². The Kier molecular flexibility index (Phi) is 4.66. The lowest BCUT2D eigenvalue weighted by Crippen LogP contribution is -2.07. The minimum atomic E-state index is -0.247. The summed E-state index contributed by atoms with van der Waals surface area (Å²) in [6, 6.07) is 21.0. The highest BCUT2D eigenvalue weighted by molar-refractivity contribution is 7.19. The summed E-state index contributed by atoms with van der Waals surface area (Å²) in [6.45, 7) is 0. The molecular weight excluding hydrogens is 398 g/mol. The van der Waals surface area contributed by atoms with Gasteiger partial charge in [-0.3, -0.25) is 4.79 Å². The molecule has 0 atom stereocenters. The van der Waals surface area contributed by atoms with Crippen LogP contribution in [-0.2, 0) is 4.79 Å². The largest absolute Gasteiger partial charge is 0.457 e. The first-order valence-electron chi connectivity index (χ1n) is 9.16. The van der Waals surface area contributed by atoms with Crippen LogP contribution in [0.3, 0.4) is 0 Å². The molecule has 0 aliphatic rings. The van der Waals surface area contributed by atoms with Gasteiger partial charge in [0.1, 0.15) is 22.9 Å². The van der Waals surface area contributed by atoms with Crippen LogP contribution in [0.1, 0.15) is 5.76 Å². The quantitative estimate of drug-likeness (QED) is 0.420. The number of nitrogens with zero attached hydrogens (tertiary/aromatic N) is 4. The van der Waals surface area contributed by atoms with Crippen LogP contribution in [0.4, 0.5) is 5.69 Å². The number of aromatic nitrogens is 4. The Hall–Kier alpha value is -4.04. The van der Waals surface area contributed by atoms with Crippen molar-refractivity contribution in [2.75, 3.05) is 5.32 Å². The molecule has 0 aliphatic heterocycles. The van der Waals surface area contributed by atoms with E-state index >= 15 is 0 Å². The third kappa shape index (κ3) is 3.76. The van der Waals surface area contributed by atoms with Crippen LogP contribution < -0.4 is 5.32 Å². The van der Waals surface area contributed by atoms with E-state index < -0.39 is 0 Å². The zero-order chi connectivity index (χ0) is 20.3. The second kappa shape index (κ2) is 7.76. The Morgan fingerprint density at radius 2 is 1.90 bits per heavy atom. The summed E-state index contributed by atoms with van der Waals surface area (Å²) >= 11 is 1.43. The number of hydrogen-bond acceptors (Lipinski definition) is 6. The van der Waals surface area contributed by atoms with Crippen LogP contribution >= 0.6 is 11.3 Å². The highest BCUT2D eigenvalue weighted by Gasteiger charge is 2.09. The Morgan fingerprint density at radius 3 is 2.77 bits per heavy atom. The first-order valence-corrected chi connectivity index (χ1v) is 9.98. The average Bonchev–Trinajstić information content (AvgIpc) is 3.49. The van der Waals surface area contributed by atoms with E-state index in [1.807, 2.05) is 66.7 Å². The number of fused-ring (bicyclic) bond motifs is 1. The molecule has 0 unspecified atom stereocenters. The predicted molar refractivity (Wildman–Crippen MR) is 116 cm³/mol. The van der Waals surface area contributed by atoms with E-state index in [1.165, 1.54) is 17.4 Å². The lowest BCUT2D eigenvalue weighted by atomic mass is 10.2. The van der Waals surface area contributed by atoms with Gasteiger partial charge < -0.3 is 9.73 Å². The fourth-order valence-electron chi connectivity index (χ4n) is 2.95. The lowest BCUT2D eigenvalue weighted by Gasteiger charge is -2.03. The van der Waals surface area contributed by atoms with Crippen molar-refractivity contribution < 1.29 is 9.21 Å². The number of carbonyl (C=O) groups excluding carboxylic acids is 1. The van der Waals surface area contributed by atoms with Crippen molar-refractivity contribution in [1.29, 1.82) is 0 Å². The van der Waals surface area contributed by atoms with E-state index in [4.69, 9.17) is 4.42 Å². The van der Waals surface area contributed by atoms with Crippen LogP contribution in [0, 0.1) is 0 Å². The van der Waals surface area contributed by atoms with Gasteiger partial charge in [0.2, 0.25) is 10.9 Å². The normalized spacial score (nSPS) is 11.3. The summed E-state index contributed by atoms with van der Waals surface area (Å²) in [4.78, 5) is 13.1. The summed E-state index contributed by atoms with van der Waals surface area (Å²) in [7, 11) is 0. The molecule has 0 fully saturated rings. The average molecular weight is 413 g/mol. The molecule has 1 N–H and O–H groups in total. The van der Waals surface area contributed by atoms with Crippen LogP contribution in [0.5, 0.6) is 0 Å². The molecule has 8 heteroatoms. The fraction of sp³-hybridized carbons (Fsp3) is 0. The van der Waals surface area contributed by atoms with Gasteiger partial charge in [0, 0.05) is 22.9 Å². The smallest absolute Gasteiger partial charge is 0.248 e. The van der Waals surface area contributed by atoms with Crippen LogP contribution in [-0.4, -0.2) is 25.7 Å². The molecular formula is C22H15N5O2S. The monoisotopic (exact) mass is 413 g/mol. The van der Waals surface area contributed by atoms with Crippen LogP contribution in [0.2, 0.25) is 0 Å². The van der Waals surface area contributed by atoms with Crippen molar-refractivity contribution in [3.05, 3.63) is 84.9 Å². The van der Waals surface area contributed by atoms with E-state index in [1.54, 1.807) is 16.9 Å². The predicted octanol–water partition coefficient (Wildman–Crippen LogP) is 4.76. The molecule has 5 rings (SSSR count). The molecule has 0 bridgehead atoms. The van der Waals surface area contributed by atoms with Gasteiger partial charge in [-0.2, -0.15) is 9.61 Å². The fourth-order valence-corrected chi connectivity index (χ4v) is 3.76. The minimum Gasteiger partial charge on any atom is -0.457 e. The van der Waals surface area contributed by atoms with Crippen molar-refractivity contribution in [2.24, 2.45) is 0 Å². The zero-order valence-electron chi connectivity index (χ0n) is 15.6. The first-order chi connectivity index (χ1) is 14.7. The summed E-state index contributed by atoms with van der Waals surface area (Å²) in [5.74, 6) is 1.12. The van der Waals surface area contributed by atoms with E-state index in [2.05, 4.69) is 20.6 Å². The third-order valence-electron chi connectivity index (χ3n) is 4.35. The number of carbonyl (C=O) groups is 1. The Balaban J connectivity index is 1.28. The number of amides is 1. The number of rotatable bonds is 5. The lowest BCUT2D eigenvalue weighted by molar-refractivity contribution is -0.111. The first kappa shape index (κ1) is 18.0. The summed E-state index contributed by atoms with van der Waals surface area (Å²) in [6.07, 6.45) is 4.65. The molecule has 1 amide bonds. The van der Waals surface area contributed by atoms with Gasteiger partial charge in [0.15, 0.2) is 0 Å². The van der Waals surface area contributed by atoms with Gasteiger partial charge in [-0.15, -0.1) is 10.2 Å². The van der Waals surface area contributed by atoms with Gasteiger partial charge in [0.05, 0.1) is 0 Å². The molecule has 0 saturated carbocycles. The van der Waals surface area contributed by atoms with Gasteiger partial charge in [-0.1, -0.05) is 53.8 Å². The van der Waals surface area contributed by atoms with Crippen molar-refractivity contribution in [2.45, 2.75) is 0 Å². The van der Waals surface area contributed by atoms with E-state index in [0.29, 0.717) is 11.4 Å². The van der Waals surface area contributed by atoms with Crippen LogP contribution in [0.25, 0.3) is 32.9 Å². The van der Waals surface area contributed by atoms with Gasteiger partial charge in [0.25, 0.3) is 0 Å². The Morgan fingerprint density at radius 1 is 1.03 bits per heavy atom. The van der Waals surface area contributed by atoms with Gasteiger partial charge in [-0.05, 0) is 30.3 Å². The Labute approximate surface area is 175 Å². The molecule has 0 aliphatic carbocycles. The number of benzene rings is 2. The third-order valence-corrected chi connectivity index (χ3v) is 5.31. The number of furan rings is 1. The summed E-state index contributed by atoms with van der Waals surface area (Å²) < 4.78 is 7.41. The second-order valence-electron chi connectivity index (χ2n) is 6.44. The summed E-state index contributed by atoms with van der Waals surface area (Å²) in [5, 5.41) is 15.9. The zero-order valence-corrected chi connectivity index (χ0v) is 16.4. The maximum atomic E-state index is 12.3. The highest BCUT2D eigenvalue weighted by atomic mass is 32.1. The number of nitrogens with one attached hydrogen (secondary N) is 1. The van der Waals surface area contributed by atoms with E-state index in [0.717, 1.165) is 26.9 Å². The standard InChI is InChI=1S/C22H15N5O2S/c28-20(12-10-18-9-11-19(29-18)15-5-2-1-3-6-15)24-17-8-4-7-16(13-17)21-26-27-14-23-25-22(27)30-21/h1-14H,(H,24,28)/b12-10+. The molecule has 0 saturated heterocycles. The van der Waals surface area contributed by atoms with E-state index in [9.17, 15) is 4.79 Å². The molecule has 0 radical (unpaired) electrons.